The van der Waals surface area contributed by atoms with Gasteiger partial charge in [0, 0.05) is 29.5 Å². The fourth-order valence-corrected chi connectivity index (χ4v) is 4.73. The first-order valence-electron chi connectivity index (χ1n) is 10.1. The summed E-state index contributed by atoms with van der Waals surface area (Å²) in [6.07, 6.45) is 4.25. The number of hydrogen-bond acceptors (Lipinski definition) is 3. The van der Waals surface area contributed by atoms with E-state index in [1.807, 2.05) is 36.5 Å². The second-order valence-corrected chi connectivity index (χ2v) is 7.94. The molecule has 5 nitrogen and oxygen atoms in total. The smallest absolute Gasteiger partial charge is 0.287 e. The Hall–Kier alpha value is -2.79. The molecule has 2 aromatic heterocycles. The van der Waals surface area contributed by atoms with Crippen LogP contribution in [0.15, 0.2) is 59.1 Å². The van der Waals surface area contributed by atoms with E-state index in [1.54, 1.807) is 6.07 Å². The molecule has 3 fully saturated rings. The van der Waals surface area contributed by atoms with Gasteiger partial charge in [-0.05, 0) is 74.7 Å². The number of piperidine rings is 3. The molecule has 3 saturated heterocycles. The Balaban J connectivity index is 1.34. The second-order valence-electron chi connectivity index (χ2n) is 7.94. The Labute approximate surface area is 164 Å². The average molecular weight is 375 g/mol. The van der Waals surface area contributed by atoms with Crippen LogP contribution in [0.3, 0.4) is 0 Å². The molecule has 0 unspecified atom stereocenters. The predicted octanol–water partition coefficient (Wildman–Crippen LogP) is 4.15. The molecule has 1 amide bonds. The minimum absolute atomic E-state index is 0.114. The van der Waals surface area contributed by atoms with E-state index in [9.17, 15) is 4.79 Å². The van der Waals surface area contributed by atoms with Crippen LogP contribution in [0.2, 0.25) is 0 Å². The number of amides is 1. The van der Waals surface area contributed by atoms with Gasteiger partial charge in [-0.3, -0.25) is 9.69 Å². The van der Waals surface area contributed by atoms with E-state index in [2.05, 4.69) is 34.3 Å². The molecule has 6 rings (SSSR count). The van der Waals surface area contributed by atoms with Gasteiger partial charge in [0.05, 0.1) is 0 Å². The molecule has 5 heteroatoms. The maximum atomic E-state index is 12.8. The van der Waals surface area contributed by atoms with E-state index < -0.39 is 0 Å². The molecule has 2 N–H and O–H groups in total. The number of carbonyl (C=O) groups is 1. The lowest BCUT2D eigenvalue weighted by molar-refractivity contribution is 0.0211. The molecule has 0 saturated carbocycles. The number of aromatic nitrogens is 1. The first-order chi connectivity index (χ1) is 13.7. The van der Waals surface area contributed by atoms with Crippen LogP contribution in [0.4, 0.5) is 0 Å². The Morgan fingerprint density at radius 3 is 2.68 bits per heavy atom. The van der Waals surface area contributed by atoms with Crippen molar-refractivity contribution in [3.63, 3.8) is 0 Å². The van der Waals surface area contributed by atoms with Crippen LogP contribution in [0.5, 0.6) is 0 Å². The van der Waals surface area contributed by atoms with Crippen molar-refractivity contribution in [1.82, 2.24) is 15.2 Å². The Kier molecular flexibility index (Phi) is 4.32. The zero-order valence-electron chi connectivity index (χ0n) is 16.0. The molecular weight excluding hydrogens is 350 g/mol. The van der Waals surface area contributed by atoms with Gasteiger partial charge in [0.1, 0.15) is 5.76 Å². The van der Waals surface area contributed by atoms with Crippen LogP contribution in [0.25, 0.3) is 22.6 Å². The Morgan fingerprint density at radius 2 is 1.93 bits per heavy atom. The SMILES string of the molecule is C[C@H]1[C@H](NC(=O)c2ccc(-c3cccc(-c4ccc[nH]4)c3)o2)C2CCN1CC2. The van der Waals surface area contributed by atoms with Crippen molar-refractivity contribution in [3.05, 3.63) is 60.5 Å². The van der Waals surface area contributed by atoms with Gasteiger partial charge in [-0.15, -0.1) is 0 Å². The lowest BCUT2D eigenvalue weighted by atomic mass is 9.79. The molecule has 0 radical (unpaired) electrons. The van der Waals surface area contributed by atoms with Gasteiger partial charge >= 0.3 is 0 Å². The molecule has 28 heavy (non-hydrogen) atoms. The van der Waals surface area contributed by atoms with Crippen LogP contribution < -0.4 is 5.32 Å². The molecule has 144 valence electrons. The predicted molar refractivity (Wildman–Crippen MR) is 109 cm³/mol. The third kappa shape index (κ3) is 3.06. The van der Waals surface area contributed by atoms with Crippen molar-refractivity contribution < 1.29 is 9.21 Å². The monoisotopic (exact) mass is 375 g/mol. The number of carbonyl (C=O) groups excluding carboxylic acids is 1. The minimum atomic E-state index is -0.114. The molecule has 2 atom stereocenters. The van der Waals surface area contributed by atoms with E-state index in [1.165, 1.54) is 12.8 Å². The van der Waals surface area contributed by atoms with Gasteiger partial charge < -0.3 is 14.7 Å². The summed E-state index contributed by atoms with van der Waals surface area (Å²) in [6.45, 7) is 4.52. The normalized spacial score (nSPS) is 26.3. The summed E-state index contributed by atoms with van der Waals surface area (Å²) in [6, 6.07) is 16.4. The topological polar surface area (TPSA) is 61.3 Å². The summed E-state index contributed by atoms with van der Waals surface area (Å²) in [7, 11) is 0. The summed E-state index contributed by atoms with van der Waals surface area (Å²) in [5.41, 5.74) is 3.11. The fourth-order valence-electron chi connectivity index (χ4n) is 4.73. The van der Waals surface area contributed by atoms with Crippen LogP contribution in [0.1, 0.15) is 30.3 Å². The molecule has 5 heterocycles. The van der Waals surface area contributed by atoms with Crippen LogP contribution in [0, 0.1) is 5.92 Å². The highest BCUT2D eigenvalue weighted by molar-refractivity contribution is 5.92. The lowest BCUT2D eigenvalue weighted by Crippen LogP contribution is -2.62. The number of aromatic amines is 1. The average Bonchev–Trinajstić information content (AvgIpc) is 3.43. The first-order valence-corrected chi connectivity index (χ1v) is 10.1. The van der Waals surface area contributed by atoms with E-state index in [4.69, 9.17) is 4.42 Å². The molecular formula is C23H25N3O2. The fraction of sp³-hybridized carbons (Fsp3) is 0.348. The van der Waals surface area contributed by atoms with E-state index in [0.717, 1.165) is 29.9 Å². The molecule has 2 bridgehead atoms. The molecule has 0 aliphatic carbocycles. The number of benzene rings is 1. The van der Waals surface area contributed by atoms with Crippen molar-refractivity contribution in [2.45, 2.75) is 31.8 Å². The third-order valence-corrected chi connectivity index (χ3v) is 6.36. The van der Waals surface area contributed by atoms with Crippen molar-refractivity contribution in [3.8, 4) is 22.6 Å². The third-order valence-electron chi connectivity index (χ3n) is 6.36. The number of rotatable bonds is 4. The van der Waals surface area contributed by atoms with Gasteiger partial charge in [-0.25, -0.2) is 0 Å². The summed E-state index contributed by atoms with van der Waals surface area (Å²) in [4.78, 5) is 18.5. The van der Waals surface area contributed by atoms with Crippen LogP contribution in [-0.4, -0.2) is 41.0 Å². The highest BCUT2D eigenvalue weighted by Gasteiger charge is 2.40. The van der Waals surface area contributed by atoms with Gasteiger partial charge in [0.25, 0.3) is 5.91 Å². The highest BCUT2D eigenvalue weighted by Crippen LogP contribution is 2.32. The largest absolute Gasteiger partial charge is 0.451 e. The lowest BCUT2D eigenvalue weighted by Gasteiger charge is -2.49. The maximum Gasteiger partial charge on any atom is 0.287 e. The zero-order chi connectivity index (χ0) is 19.1. The van der Waals surface area contributed by atoms with E-state index >= 15 is 0 Å². The van der Waals surface area contributed by atoms with Gasteiger partial charge in [-0.1, -0.05) is 18.2 Å². The summed E-state index contributed by atoms with van der Waals surface area (Å²) < 4.78 is 5.92. The van der Waals surface area contributed by atoms with E-state index in [-0.39, 0.29) is 11.9 Å². The molecule has 0 spiro atoms. The summed E-state index contributed by atoms with van der Waals surface area (Å²) in [5, 5.41) is 3.24. The number of nitrogens with zero attached hydrogens (tertiary/aromatic N) is 1. The number of nitrogens with one attached hydrogen (secondary N) is 2. The maximum absolute atomic E-state index is 12.8. The Bertz CT molecular complexity index is 965. The van der Waals surface area contributed by atoms with Crippen molar-refractivity contribution in [2.24, 2.45) is 5.92 Å². The van der Waals surface area contributed by atoms with Crippen molar-refractivity contribution in [1.29, 1.82) is 0 Å². The molecule has 3 aromatic rings. The van der Waals surface area contributed by atoms with Crippen LogP contribution in [-0.2, 0) is 0 Å². The quantitative estimate of drug-likeness (QED) is 0.720. The first kappa shape index (κ1) is 17.3. The highest BCUT2D eigenvalue weighted by atomic mass is 16.3. The Morgan fingerprint density at radius 1 is 1.11 bits per heavy atom. The number of furan rings is 1. The second kappa shape index (κ2) is 6.99. The van der Waals surface area contributed by atoms with Gasteiger partial charge in [0.2, 0.25) is 0 Å². The van der Waals surface area contributed by atoms with Crippen LogP contribution >= 0.6 is 0 Å². The van der Waals surface area contributed by atoms with E-state index in [0.29, 0.717) is 23.5 Å². The number of fused-ring (bicyclic) bond motifs is 3. The van der Waals surface area contributed by atoms with Gasteiger partial charge in [0.15, 0.2) is 5.76 Å². The molecule has 3 aliphatic heterocycles. The molecule has 1 aromatic carbocycles. The number of hydrogen-bond donors (Lipinski definition) is 2. The minimum Gasteiger partial charge on any atom is -0.451 e. The number of H-pyrrole nitrogens is 1. The van der Waals surface area contributed by atoms with Crippen molar-refractivity contribution >= 4 is 5.91 Å². The van der Waals surface area contributed by atoms with Crippen molar-refractivity contribution in [2.75, 3.05) is 13.1 Å². The molecule has 3 aliphatic rings. The summed E-state index contributed by atoms with van der Waals surface area (Å²) in [5.74, 6) is 1.55. The van der Waals surface area contributed by atoms with Gasteiger partial charge in [-0.2, -0.15) is 0 Å². The zero-order valence-corrected chi connectivity index (χ0v) is 16.0. The summed E-state index contributed by atoms with van der Waals surface area (Å²) >= 11 is 0. The standard InChI is InChI=1S/C23H25N3O2/c1-15-22(16-9-12-26(15)13-10-16)25-23(27)21-8-7-20(28-21)18-5-2-4-17(14-18)19-6-3-11-24-19/h2-8,11,14-16,22,24H,9-10,12-13H2,1H3,(H,25,27)/t15-,22-/m0/s1.